The zero-order chi connectivity index (χ0) is 13.1. The first-order valence-corrected chi connectivity index (χ1v) is 6.41. The van der Waals surface area contributed by atoms with Crippen LogP contribution in [-0.2, 0) is 0 Å². The fourth-order valence-electron chi connectivity index (χ4n) is 2.48. The molecular weight excluding hydrogens is 230 g/mol. The second-order valence-electron chi connectivity index (χ2n) is 5.04. The van der Waals surface area contributed by atoms with Crippen LogP contribution in [0.25, 0.3) is 0 Å². The number of nitrogens with one attached hydrogen (secondary N) is 1. The Morgan fingerprint density at radius 2 is 2.00 bits per heavy atom. The van der Waals surface area contributed by atoms with Crippen LogP contribution in [0.15, 0.2) is 18.2 Å². The predicted molar refractivity (Wildman–Crippen MR) is 68.7 cm³/mol. The average Bonchev–Trinajstić information content (AvgIpc) is 2.35. The fourth-order valence-corrected chi connectivity index (χ4v) is 2.48. The molecule has 98 valence electrons. The van der Waals surface area contributed by atoms with E-state index in [9.17, 15) is 15.0 Å². The maximum Gasteiger partial charge on any atom is 0.255 e. The van der Waals surface area contributed by atoms with Crippen molar-refractivity contribution >= 4 is 5.91 Å². The van der Waals surface area contributed by atoms with Crippen LogP contribution < -0.4 is 5.32 Å². The van der Waals surface area contributed by atoms with Gasteiger partial charge in [-0.2, -0.15) is 0 Å². The van der Waals surface area contributed by atoms with Crippen LogP contribution in [0.4, 0.5) is 0 Å². The summed E-state index contributed by atoms with van der Waals surface area (Å²) in [7, 11) is 0. The number of phenolic OH excluding ortho intramolecular Hbond substituents is 2. The number of hydrogen-bond acceptors (Lipinski definition) is 3. The topological polar surface area (TPSA) is 69.6 Å². The molecule has 2 unspecified atom stereocenters. The maximum absolute atomic E-state index is 12.0. The zero-order valence-electron chi connectivity index (χ0n) is 10.5. The lowest BCUT2D eigenvalue weighted by Crippen LogP contribution is -2.41. The molecule has 4 heteroatoms. The molecule has 0 spiro atoms. The summed E-state index contributed by atoms with van der Waals surface area (Å²) in [6.07, 6.45) is 4.44. The van der Waals surface area contributed by atoms with Gasteiger partial charge in [-0.15, -0.1) is 0 Å². The third kappa shape index (κ3) is 2.75. The van der Waals surface area contributed by atoms with Gasteiger partial charge in [0.15, 0.2) is 0 Å². The molecule has 2 atom stereocenters. The first-order chi connectivity index (χ1) is 8.58. The molecule has 0 bridgehead atoms. The van der Waals surface area contributed by atoms with E-state index in [-0.39, 0.29) is 29.0 Å². The molecule has 18 heavy (non-hydrogen) atoms. The number of rotatable bonds is 2. The highest BCUT2D eigenvalue weighted by Crippen LogP contribution is 2.26. The summed E-state index contributed by atoms with van der Waals surface area (Å²) in [5.74, 6) is 0.0210. The van der Waals surface area contributed by atoms with Crippen molar-refractivity contribution in [2.75, 3.05) is 0 Å². The molecule has 3 N–H and O–H groups in total. The van der Waals surface area contributed by atoms with Gasteiger partial charge in [0, 0.05) is 6.04 Å². The lowest BCUT2D eigenvalue weighted by Gasteiger charge is -2.29. The molecule has 1 aliphatic carbocycles. The van der Waals surface area contributed by atoms with Gasteiger partial charge in [-0.05, 0) is 37.0 Å². The summed E-state index contributed by atoms with van der Waals surface area (Å²) in [5.41, 5.74) is 0.132. The van der Waals surface area contributed by atoms with Gasteiger partial charge in [0.2, 0.25) is 0 Å². The van der Waals surface area contributed by atoms with Crippen LogP contribution in [-0.4, -0.2) is 22.2 Å². The van der Waals surface area contributed by atoms with Crippen molar-refractivity contribution in [2.24, 2.45) is 5.92 Å². The molecule has 4 nitrogen and oxygen atoms in total. The predicted octanol–water partition coefficient (Wildman–Crippen LogP) is 2.41. The minimum absolute atomic E-state index is 0.0188. The van der Waals surface area contributed by atoms with Crippen molar-refractivity contribution in [1.29, 1.82) is 0 Å². The molecule has 0 aliphatic heterocycles. The number of carbonyl (C=O) groups is 1. The molecule has 1 aromatic rings. The quantitative estimate of drug-likeness (QED) is 0.705. The van der Waals surface area contributed by atoms with Crippen molar-refractivity contribution in [2.45, 2.75) is 38.6 Å². The third-order valence-corrected chi connectivity index (χ3v) is 3.65. The van der Waals surface area contributed by atoms with Crippen LogP contribution in [0.1, 0.15) is 43.0 Å². The molecule has 1 saturated carbocycles. The Labute approximate surface area is 107 Å². The number of carbonyl (C=O) groups excluding carboxylic acids is 1. The van der Waals surface area contributed by atoms with Gasteiger partial charge in [-0.3, -0.25) is 4.79 Å². The summed E-state index contributed by atoms with van der Waals surface area (Å²) in [4.78, 5) is 12.0. The van der Waals surface area contributed by atoms with Gasteiger partial charge in [-0.25, -0.2) is 0 Å². The lowest BCUT2D eigenvalue weighted by molar-refractivity contribution is 0.0907. The van der Waals surface area contributed by atoms with Crippen molar-refractivity contribution in [3.8, 4) is 11.5 Å². The highest BCUT2D eigenvalue weighted by atomic mass is 16.3. The van der Waals surface area contributed by atoms with Crippen molar-refractivity contribution in [3.05, 3.63) is 23.8 Å². The molecule has 0 radical (unpaired) electrons. The standard InChI is InChI=1S/C14H19NO3/c1-9-4-2-3-5-12(9)15-14(18)11-8-10(16)6-7-13(11)17/h6-9,12,16-17H,2-5H2,1H3,(H,15,18). The second kappa shape index (κ2) is 5.29. The normalized spacial score (nSPS) is 23.6. The number of phenols is 2. The van der Waals surface area contributed by atoms with Gasteiger partial charge in [0.25, 0.3) is 5.91 Å². The Morgan fingerprint density at radius 1 is 1.28 bits per heavy atom. The summed E-state index contributed by atoms with van der Waals surface area (Å²) in [5, 5.41) is 21.9. The maximum atomic E-state index is 12.0. The van der Waals surface area contributed by atoms with E-state index in [0.29, 0.717) is 5.92 Å². The largest absolute Gasteiger partial charge is 0.508 e. The molecule has 1 fully saturated rings. The van der Waals surface area contributed by atoms with Gasteiger partial charge >= 0.3 is 0 Å². The SMILES string of the molecule is CC1CCCCC1NC(=O)c1cc(O)ccc1O. The van der Waals surface area contributed by atoms with Crippen LogP contribution >= 0.6 is 0 Å². The molecule has 0 saturated heterocycles. The number of benzene rings is 1. The summed E-state index contributed by atoms with van der Waals surface area (Å²) in [6, 6.07) is 4.13. The van der Waals surface area contributed by atoms with Crippen molar-refractivity contribution in [3.63, 3.8) is 0 Å². The molecule has 1 amide bonds. The first kappa shape index (κ1) is 12.7. The first-order valence-electron chi connectivity index (χ1n) is 6.41. The molecule has 1 aromatic carbocycles. The lowest BCUT2D eigenvalue weighted by atomic mass is 9.86. The Balaban J connectivity index is 2.09. The monoisotopic (exact) mass is 249 g/mol. The Morgan fingerprint density at radius 3 is 2.72 bits per heavy atom. The number of aromatic hydroxyl groups is 2. The summed E-state index contributed by atoms with van der Waals surface area (Å²) < 4.78 is 0. The average molecular weight is 249 g/mol. The molecule has 2 rings (SSSR count). The number of hydrogen-bond donors (Lipinski definition) is 3. The van der Waals surface area contributed by atoms with Gasteiger partial charge < -0.3 is 15.5 Å². The zero-order valence-corrected chi connectivity index (χ0v) is 10.5. The van der Waals surface area contributed by atoms with E-state index in [4.69, 9.17) is 0 Å². The smallest absolute Gasteiger partial charge is 0.255 e. The van der Waals surface area contributed by atoms with E-state index < -0.39 is 0 Å². The molecule has 0 aromatic heterocycles. The minimum atomic E-state index is -0.317. The van der Waals surface area contributed by atoms with Crippen LogP contribution in [0.2, 0.25) is 0 Å². The minimum Gasteiger partial charge on any atom is -0.508 e. The number of amides is 1. The Hall–Kier alpha value is -1.71. The van der Waals surface area contributed by atoms with E-state index in [1.807, 2.05) is 0 Å². The third-order valence-electron chi connectivity index (χ3n) is 3.65. The molecule has 1 aliphatic rings. The van der Waals surface area contributed by atoms with E-state index in [0.717, 1.165) is 19.3 Å². The van der Waals surface area contributed by atoms with Crippen LogP contribution in [0.3, 0.4) is 0 Å². The molecular formula is C14H19NO3. The van der Waals surface area contributed by atoms with Crippen LogP contribution in [0.5, 0.6) is 11.5 Å². The fraction of sp³-hybridized carbons (Fsp3) is 0.500. The van der Waals surface area contributed by atoms with E-state index >= 15 is 0 Å². The van der Waals surface area contributed by atoms with Gasteiger partial charge in [0.1, 0.15) is 11.5 Å². The van der Waals surface area contributed by atoms with Crippen LogP contribution in [0, 0.1) is 5.92 Å². The second-order valence-corrected chi connectivity index (χ2v) is 5.04. The molecule has 0 heterocycles. The highest BCUT2D eigenvalue weighted by molar-refractivity contribution is 5.97. The van der Waals surface area contributed by atoms with Crippen molar-refractivity contribution < 1.29 is 15.0 Å². The van der Waals surface area contributed by atoms with E-state index in [2.05, 4.69) is 12.2 Å². The van der Waals surface area contributed by atoms with E-state index in [1.54, 1.807) is 0 Å². The highest BCUT2D eigenvalue weighted by Gasteiger charge is 2.24. The summed E-state index contributed by atoms with van der Waals surface area (Å²) in [6.45, 7) is 2.13. The Kier molecular flexibility index (Phi) is 3.75. The summed E-state index contributed by atoms with van der Waals surface area (Å²) >= 11 is 0. The van der Waals surface area contributed by atoms with Crippen molar-refractivity contribution in [1.82, 2.24) is 5.32 Å². The Bertz CT molecular complexity index is 445. The van der Waals surface area contributed by atoms with E-state index in [1.165, 1.54) is 24.6 Å². The van der Waals surface area contributed by atoms with Gasteiger partial charge in [-0.1, -0.05) is 19.8 Å². The van der Waals surface area contributed by atoms with Gasteiger partial charge in [0.05, 0.1) is 5.56 Å².